The number of anilines is 2. The molecule has 8 heteroatoms. The van der Waals surface area contributed by atoms with Gasteiger partial charge in [-0.2, -0.15) is 0 Å². The summed E-state index contributed by atoms with van der Waals surface area (Å²) in [5.41, 5.74) is 2.95. The number of hydrogen-bond acceptors (Lipinski definition) is 6. The number of nitro benzene ring substituents is 1. The van der Waals surface area contributed by atoms with Crippen molar-refractivity contribution in [2.24, 2.45) is 0 Å². The van der Waals surface area contributed by atoms with E-state index in [-0.39, 0.29) is 18.4 Å². The Labute approximate surface area is 171 Å². The fourth-order valence-electron chi connectivity index (χ4n) is 3.77. The Morgan fingerprint density at radius 1 is 1.07 bits per heavy atom. The fourth-order valence-corrected chi connectivity index (χ4v) is 3.77. The number of rotatable bonds is 3. The maximum Gasteiger partial charge on any atom is 0.280 e. The molecule has 2 aliphatic rings. The van der Waals surface area contributed by atoms with Gasteiger partial charge in [-0.1, -0.05) is 29.8 Å². The lowest BCUT2D eigenvalue weighted by atomic mass is 10.0. The summed E-state index contributed by atoms with van der Waals surface area (Å²) in [7, 11) is 0. The minimum atomic E-state index is -0.801. The van der Waals surface area contributed by atoms with Gasteiger partial charge in [-0.25, -0.2) is 0 Å². The van der Waals surface area contributed by atoms with Crippen LogP contribution in [0.5, 0.6) is 11.5 Å². The molecular formula is C22H17N3O5. The number of carbonyl (C=O) groups is 1. The second kappa shape index (κ2) is 6.77. The number of amides is 1. The van der Waals surface area contributed by atoms with Crippen LogP contribution < -0.4 is 19.7 Å². The van der Waals surface area contributed by atoms with Gasteiger partial charge in [0, 0.05) is 11.4 Å². The van der Waals surface area contributed by atoms with E-state index < -0.39 is 11.1 Å². The molecule has 0 bridgehead atoms. The molecule has 1 atom stereocenters. The number of nitrogens with zero attached hydrogens (tertiary/aromatic N) is 2. The maximum atomic E-state index is 13.5. The molecule has 0 unspecified atom stereocenters. The van der Waals surface area contributed by atoms with E-state index in [9.17, 15) is 14.9 Å². The first-order chi connectivity index (χ1) is 14.5. The summed E-state index contributed by atoms with van der Waals surface area (Å²) < 4.78 is 10.7. The minimum absolute atomic E-state index is 0.00250. The molecule has 0 saturated carbocycles. The number of benzene rings is 3. The number of carbonyl (C=O) groups excluding carboxylic acids is 1. The van der Waals surface area contributed by atoms with Crippen molar-refractivity contribution in [1.29, 1.82) is 0 Å². The molecular weight excluding hydrogens is 386 g/mol. The molecule has 5 rings (SSSR count). The van der Waals surface area contributed by atoms with Crippen molar-refractivity contribution in [3.05, 3.63) is 87.5 Å². The molecule has 1 amide bonds. The first-order valence-corrected chi connectivity index (χ1v) is 9.36. The minimum Gasteiger partial charge on any atom is -0.454 e. The Morgan fingerprint density at radius 2 is 1.77 bits per heavy atom. The Kier molecular flexibility index (Phi) is 4.06. The van der Waals surface area contributed by atoms with Crippen LogP contribution in [0.15, 0.2) is 60.7 Å². The molecule has 2 heterocycles. The number of nitrogens with one attached hydrogen (secondary N) is 1. The lowest BCUT2D eigenvalue weighted by molar-refractivity contribution is -0.385. The van der Waals surface area contributed by atoms with E-state index in [4.69, 9.17) is 9.47 Å². The highest BCUT2D eigenvalue weighted by atomic mass is 16.7. The lowest BCUT2D eigenvalue weighted by Crippen LogP contribution is -2.43. The van der Waals surface area contributed by atoms with Crippen molar-refractivity contribution in [3.63, 3.8) is 0 Å². The summed E-state index contributed by atoms with van der Waals surface area (Å²) in [5, 5.41) is 15.2. The van der Waals surface area contributed by atoms with Crippen LogP contribution in [0.1, 0.15) is 27.7 Å². The highest BCUT2D eigenvalue weighted by Gasteiger charge is 2.38. The van der Waals surface area contributed by atoms with E-state index in [2.05, 4.69) is 5.32 Å². The van der Waals surface area contributed by atoms with Gasteiger partial charge in [0.25, 0.3) is 11.6 Å². The number of fused-ring (bicyclic) bond motifs is 2. The summed E-state index contributed by atoms with van der Waals surface area (Å²) >= 11 is 0. The summed E-state index contributed by atoms with van der Waals surface area (Å²) in [4.78, 5) is 26.4. The number of nitro groups is 1. The van der Waals surface area contributed by atoms with Gasteiger partial charge in [-0.15, -0.1) is 0 Å². The Hall–Kier alpha value is -4.07. The molecule has 0 fully saturated rings. The molecule has 3 aromatic rings. The lowest BCUT2D eigenvalue weighted by Gasteiger charge is -2.38. The van der Waals surface area contributed by atoms with E-state index >= 15 is 0 Å². The normalized spacial score (nSPS) is 16.8. The molecule has 3 aromatic carbocycles. The van der Waals surface area contributed by atoms with Crippen LogP contribution in [0.3, 0.4) is 0 Å². The van der Waals surface area contributed by atoms with Crippen molar-refractivity contribution < 1.29 is 19.2 Å². The van der Waals surface area contributed by atoms with Crippen molar-refractivity contribution >= 4 is 23.0 Å². The van der Waals surface area contributed by atoms with Crippen molar-refractivity contribution in [2.75, 3.05) is 17.0 Å². The van der Waals surface area contributed by atoms with Crippen LogP contribution in [0.25, 0.3) is 0 Å². The average molecular weight is 403 g/mol. The molecule has 8 nitrogen and oxygen atoms in total. The molecule has 30 heavy (non-hydrogen) atoms. The third kappa shape index (κ3) is 2.81. The van der Waals surface area contributed by atoms with Crippen LogP contribution in [0, 0.1) is 17.0 Å². The standard InChI is InChI=1S/C22H17N3O5/c1-13-6-8-14(9-7-13)24-21(23-17-5-3-2-4-15(17)22(24)26)16-10-19-20(30-12-29-19)11-18(16)25(27)28/h2-11,21,23H,12H2,1H3/t21-/m1/s1. The van der Waals surface area contributed by atoms with Gasteiger partial charge in [0.05, 0.1) is 22.1 Å². The third-order valence-corrected chi connectivity index (χ3v) is 5.25. The van der Waals surface area contributed by atoms with Gasteiger partial charge in [0.2, 0.25) is 6.79 Å². The zero-order valence-corrected chi connectivity index (χ0v) is 16.0. The Morgan fingerprint density at radius 3 is 2.50 bits per heavy atom. The second-order valence-electron chi connectivity index (χ2n) is 7.12. The van der Waals surface area contributed by atoms with Crippen LogP contribution in [-0.2, 0) is 0 Å². The highest BCUT2D eigenvalue weighted by Crippen LogP contribution is 2.44. The zero-order valence-electron chi connectivity index (χ0n) is 16.0. The van der Waals surface area contributed by atoms with E-state index in [1.54, 1.807) is 24.3 Å². The smallest absolute Gasteiger partial charge is 0.280 e. The van der Waals surface area contributed by atoms with Crippen LogP contribution in [0.2, 0.25) is 0 Å². The molecule has 0 radical (unpaired) electrons. The fraction of sp³-hybridized carbons (Fsp3) is 0.136. The summed E-state index contributed by atoms with van der Waals surface area (Å²) in [6.07, 6.45) is -0.801. The molecule has 0 spiro atoms. The highest BCUT2D eigenvalue weighted by molar-refractivity contribution is 6.12. The molecule has 1 N–H and O–H groups in total. The summed E-state index contributed by atoms with van der Waals surface area (Å²) in [5.74, 6) is 0.479. The average Bonchev–Trinajstić information content (AvgIpc) is 3.21. The van der Waals surface area contributed by atoms with Gasteiger partial charge in [0.1, 0.15) is 6.17 Å². The van der Waals surface area contributed by atoms with Crippen molar-refractivity contribution in [1.82, 2.24) is 0 Å². The van der Waals surface area contributed by atoms with E-state index in [1.807, 2.05) is 37.3 Å². The van der Waals surface area contributed by atoms with Crippen LogP contribution >= 0.6 is 0 Å². The number of para-hydroxylation sites is 1. The zero-order chi connectivity index (χ0) is 20.8. The SMILES string of the molecule is Cc1ccc(N2C(=O)c3ccccc3N[C@H]2c2cc3c(cc2[N+](=O)[O-])OCO3)cc1. The Balaban J connectivity index is 1.72. The van der Waals surface area contributed by atoms with Gasteiger partial charge in [-0.3, -0.25) is 19.8 Å². The van der Waals surface area contributed by atoms with Crippen LogP contribution in [0.4, 0.5) is 17.1 Å². The van der Waals surface area contributed by atoms with E-state index in [1.165, 1.54) is 11.0 Å². The van der Waals surface area contributed by atoms with E-state index in [0.717, 1.165) is 5.56 Å². The predicted octanol–water partition coefficient (Wildman–Crippen LogP) is 4.40. The molecule has 0 aliphatic carbocycles. The first kappa shape index (κ1) is 18.0. The van der Waals surface area contributed by atoms with Gasteiger partial charge in [0.15, 0.2) is 11.5 Å². The van der Waals surface area contributed by atoms with Gasteiger partial charge >= 0.3 is 0 Å². The summed E-state index contributed by atoms with van der Waals surface area (Å²) in [6.45, 7) is 1.95. The van der Waals surface area contributed by atoms with Crippen molar-refractivity contribution in [3.8, 4) is 11.5 Å². The number of aryl methyl sites for hydroxylation is 1. The second-order valence-corrected chi connectivity index (χ2v) is 7.12. The molecule has 0 saturated heterocycles. The number of ether oxygens (including phenoxy) is 2. The van der Waals surface area contributed by atoms with Gasteiger partial charge < -0.3 is 14.8 Å². The number of hydrogen-bond donors (Lipinski definition) is 1. The maximum absolute atomic E-state index is 13.5. The molecule has 150 valence electrons. The third-order valence-electron chi connectivity index (χ3n) is 5.25. The summed E-state index contributed by atoms with van der Waals surface area (Å²) in [6, 6.07) is 17.5. The Bertz CT molecular complexity index is 1180. The predicted molar refractivity (Wildman–Crippen MR) is 110 cm³/mol. The molecule has 2 aliphatic heterocycles. The largest absolute Gasteiger partial charge is 0.454 e. The first-order valence-electron chi connectivity index (χ1n) is 9.36. The molecule has 0 aromatic heterocycles. The quantitative estimate of drug-likeness (QED) is 0.514. The van der Waals surface area contributed by atoms with Crippen molar-refractivity contribution in [2.45, 2.75) is 13.1 Å². The van der Waals surface area contributed by atoms with E-state index in [0.29, 0.717) is 34.0 Å². The van der Waals surface area contributed by atoms with Gasteiger partial charge in [-0.05, 0) is 37.3 Å². The van der Waals surface area contributed by atoms with Crippen LogP contribution in [-0.4, -0.2) is 17.6 Å². The topological polar surface area (TPSA) is 93.9 Å². The monoisotopic (exact) mass is 403 g/mol.